The van der Waals surface area contributed by atoms with Crippen LogP contribution in [0.1, 0.15) is 35.3 Å². The summed E-state index contributed by atoms with van der Waals surface area (Å²) in [5.74, 6) is -0.299. The first-order valence-corrected chi connectivity index (χ1v) is 9.33. The first kappa shape index (κ1) is 15.3. The Hall–Kier alpha value is -1.64. The first-order chi connectivity index (χ1) is 10.8. The van der Waals surface area contributed by atoms with Gasteiger partial charge in [0.15, 0.2) is 0 Å². The quantitative estimate of drug-likeness (QED) is 0.477. The Balaban J connectivity index is 1.95. The predicted octanol–water partition coefficient (Wildman–Crippen LogP) is 3.26. The molecule has 1 heterocycles. The minimum absolute atomic E-state index is 0.267. The van der Waals surface area contributed by atoms with Gasteiger partial charge < -0.3 is 0 Å². The van der Waals surface area contributed by atoms with E-state index in [1.54, 1.807) is 4.44 Å². The van der Waals surface area contributed by atoms with Crippen LogP contribution in [0.15, 0.2) is 30.3 Å². The standard InChI is InChI=1S/C18H19NO2Se/c1-2-21-17(20)12-11-13-7-3-4-8-14(13)18-15-9-5-6-10-16(15)22-19-18/h3-4,7-8,11-12H,2,5-6,9-10H2,1H3/b12-11+. The molecule has 0 bridgehead atoms. The molecule has 0 amide bonds. The molecular weight excluding hydrogens is 341 g/mol. The van der Waals surface area contributed by atoms with Gasteiger partial charge in [-0.3, -0.25) is 0 Å². The van der Waals surface area contributed by atoms with Crippen LogP contribution >= 0.6 is 0 Å². The molecular formula is C18H19NO2Se. The number of fused-ring (bicyclic) bond motifs is 1. The average Bonchev–Trinajstić information content (AvgIpc) is 2.97. The molecule has 0 spiro atoms. The zero-order valence-corrected chi connectivity index (χ0v) is 14.4. The summed E-state index contributed by atoms with van der Waals surface area (Å²) in [7, 11) is 0. The summed E-state index contributed by atoms with van der Waals surface area (Å²) in [5, 5.41) is 0. The van der Waals surface area contributed by atoms with Gasteiger partial charge in [0.2, 0.25) is 0 Å². The fraction of sp³-hybridized carbons (Fsp3) is 0.333. The third-order valence-corrected chi connectivity index (χ3v) is 5.83. The van der Waals surface area contributed by atoms with Gasteiger partial charge in [0, 0.05) is 0 Å². The van der Waals surface area contributed by atoms with Crippen LogP contribution in [0.25, 0.3) is 17.3 Å². The molecule has 0 saturated carbocycles. The summed E-state index contributed by atoms with van der Waals surface area (Å²) in [5.41, 5.74) is 4.78. The second-order valence-corrected chi connectivity index (χ2v) is 7.11. The van der Waals surface area contributed by atoms with Crippen LogP contribution in [0, 0.1) is 0 Å². The summed E-state index contributed by atoms with van der Waals surface area (Å²) >= 11 is 0.267. The number of hydrogen-bond donors (Lipinski definition) is 0. The zero-order chi connectivity index (χ0) is 15.4. The molecule has 0 radical (unpaired) electrons. The van der Waals surface area contributed by atoms with Crippen LogP contribution in [0.2, 0.25) is 0 Å². The molecule has 0 fully saturated rings. The number of aromatic nitrogens is 1. The SMILES string of the molecule is CCOC(=O)/C=C/c1ccccc1-c1n[se]c2c1CCCC2. The molecule has 4 heteroatoms. The summed E-state index contributed by atoms with van der Waals surface area (Å²) in [6.45, 7) is 2.21. The topological polar surface area (TPSA) is 39.2 Å². The van der Waals surface area contributed by atoms with E-state index in [1.807, 2.05) is 31.2 Å². The number of esters is 1. The van der Waals surface area contributed by atoms with Crippen LogP contribution in [0.5, 0.6) is 0 Å². The third-order valence-electron chi connectivity index (χ3n) is 3.85. The zero-order valence-electron chi connectivity index (χ0n) is 12.7. The van der Waals surface area contributed by atoms with Crippen LogP contribution in [0.3, 0.4) is 0 Å². The maximum absolute atomic E-state index is 11.5. The van der Waals surface area contributed by atoms with E-state index in [0.717, 1.165) is 23.2 Å². The Kier molecular flexibility index (Phi) is 4.91. The molecule has 0 aliphatic heterocycles. The number of hydrogen-bond acceptors (Lipinski definition) is 3. The van der Waals surface area contributed by atoms with Crippen LogP contribution in [-0.4, -0.2) is 31.3 Å². The van der Waals surface area contributed by atoms with Crippen LogP contribution < -0.4 is 0 Å². The Labute approximate surface area is 137 Å². The number of benzene rings is 1. The molecule has 1 aliphatic carbocycles. The van der Waals surface area contributed by atoms with Gasteiger partial charge in [-0.15, -0.1) is 0 Å². The number of nitrogens with zero attached hydrogens (tertiary/aromatic N) is 1. The summed E-state index contributed by atoms with van der Waals surface area (Å²) < 4.78 is 11.3. The van der Waals surface area contributed by atoms with E-state index in [2.05, 4.69) is 6.07 Å². The van der Waals surface area contributed by atoms with Gasteiger partial charge in [-0.25, -0.2) is 0 Å². The van der Waals surface area contributed by atoms with Crippen molar-refractivity contribution in [3.05, 3.63) is 45.9 Å². The molecule has 1 aromatic heterocycles. The number of ether oxygens (including phenoxy) is 1. The van der Waals surface area contributed by atoms with Gasteiger partial charge in [-0.1, -0.05) is 0 Å². The molecule has 2 aromatic rings. The van der Waals surface area contributed by atoms with Crippen molar-refractivity contribution in [1.29, 1.82) is 0 Å². The Morgan fingerprint density at radius 1 is 1.32 bits per heavy atom. The fourth-order valence-electron chi connectivity index (χ4n) is 2.80. The number of rotatable bonds is 4. The number of carbonyl (C=O) groups is 1. The molecule has 22 heavy (non-hydrogen) atoms. The van der Waals surface area contributed by atoms with E-state index in [4.69, 9.17) is 8.72 Å². The minimum atomic E-state index is -0.299. The third kappa shape index (κ3) is 3.23. The molecule has 1 aliphatic rings. The molecule has 3 rings (SSSR count). The van der Waals surface area contributed by atoms with Crippen molar-refractivity contribution in [2.75, 3.05) is 6.61 Å². The van der Waals surface area contributed by atoms with Gasteiger partial charge in [-0.05, 0) is 0 Å². The maximum atomic E-state index is 11.5. The number of aryl methyl sites for hydroxylation is 1. The van der Waals surface area contributed by atoms with Gasteiger partial charge >= 0.3 is 137 Å². The molecule has 0 N–H and O–H groups in total. The predicted molar refractivity (Wildman–Crippen MR) is 88.9 cm³/mol. The van der Waals surface area contributed by atoms with E-state index in [0.29, 0.717) is 6.61 Å². The summed E-state index contributed by atoms with van der Waals surface area (Å²) in [6.07, 6.45) is 8.25. The second kappa shape index (κ2) is 7.08. The van der Waals surface area contributed by atoms with E-state index in [9.17, 15) is 4.79 Å². The van der Waals surface area contributed by atoms with Crippen LogP contribution in [0.4, 0.5) is 0 Å². The van der Waals surface area contributed by atoms with Crippen molar-refractivity contribution in [2.24, 2.45) is 0 Å². The molecule has 0 atom stereocenters. The van der Waals surface area contributed by atoms with Crippen molar-refractivity contribution >= 4 is 26.8 Å². The molecule has 0 saturated heterocycles. The molecule has 0 unspecified atom stereocenters. The van der Waals surface area contributed by atoms with Gasteiger partial charge in [0.1, 0.15) is 0 Å². The van der Waals surface area contributed by atoms with Crippen LogP contribution in [-0.2, 0) is 22.4 Å². The summed E-state index contributed by atoms with van der Waals surface area (Å²) in [6, 6.07) is 8.16. The van der Waals surface area contributed by atoms with E-state index in [1.165, 1.54) is 30.9 Å². The monoisotopic (exact) mass is 361 g/mol. The van der Waals surface area contributed by atoms with Crippen molar-refractivity contribution in [2.45, 2.75) is 32.6 Å². The Morgan fingerprint density at radius 3 is 3.00 bits per heavy atom. The first-order valence-electron chi connectivity index (χ1n) is 7.71. The van der Waals surface area contributed by atoms with E-state index >= 15 is 0 Å². The normalized spacial score (nSPS) is 14.0. The van der Waals surface area contributed by atoms with E-state index < -0.39 is 0 Å². The Morgan fingerprint density at radius 2 is 2.14 bits per heavy atom. The Bertz CT molecular complexity index is 703. The van der Waals surface area contributed by atoms with Gasteiger partial charge in [0.05, 0.1) is 0 Å². The molecule has 114 valence electrons. The number of carbonyl (C=O) groups excluding carboxylic acids is 1. The van der Waals surface area contributed by atoms with Gasteiger partial charge in [-0.2, -0.15) is 0 Å². The van der Waals surface area contributed by atoms with E-state index in [-0.39, 0.29) is 20.7 Å². The second-order valence-electron chi connectivity index (χ2n) is 5.31. The molecule has 3 nitrogen and oxygen atoms in total. The summed E-state index contributed by atoms with van der Waals surface area (Å²) in [4.78, 5) is 11.5. The molecule has 1 aromatic carbocycles. The van der Waals surface area contributed by atoms with Gasteiger partial charge in [0.25, 0.3) is 0 Å². The van der Waals surface area contributed by atoms with Crippen molar-refractivity contribution in [1.82, 2.24) is 3.98 Å². The van der Waals surface area contributed by atoms with Crippen molar-refractivity contribution < 1.29 is 9.53 Å². The van der Waals surface area contributed by atoms with Crippen molar-refractivity contribution in [3.8, 4) is 11.3 Å². The fourth-order valence-corrected chi connectivity index (χ4v) is 4.81. The van der Waals surface area contributed by atoms with Crippen molar-refractivity contribution in [3.63, 3.8) is 0 Å². The average molecular weight is 360 g/mol.